The molecule has 2 heterocycles. The van der Waals surface area contributed by atoms with Gasteiger partial charge in [0.1, 0.15) is 5.69 Å². The van der Waals surface area contributed by atoms with Crippen molar-refractivity contribution in [3.8, 4) is 0 Å². The van der Waals surface area contributed by atoms with Crippen LogP contribution in [0.5, 0.6) is 0 Å². The number of rotatable bonds is 3. The van der Waals surface area contributed by atoms with Gasteiger partial charge in [0.15, 0.2) is 0 Å². The maximum Gasteiger partial charge on any atom is 0.272 e. The van der Waals surface area contributed by atoms with E-state index in [4.69, 9.17) is 0 Å². The van der Waals surface area contributed by atoms with Crippen LogP contribution in [0.1, 0.15) is 36.7 Å². The number of amides is 1. The molecule has 1 amide bonds. The van der Waals surface area contributed by atoms with Gasteiger partial charge in [-0.3, -0.25) is 4.79 Å². The molecule has 4 nitrogen and oxygen atoms in total. The molecule has 110 valence electrons. The monoisotopic (exact) mass is 283 g/mol. The van der Waals surface area contributed by atoms with Crippen molar-refractivity contribution in [3.05, 3.63) is 36.0 Å². The number of aromatic nitrogens is 1. The van der Waals surface area contributed by atoms with E-state index in [1.165, 1.54) is 0 Å². The number of carbonyl (C=O) groups excluding carboxylic acids is 1. The Morgan fingerprint density at radius 2 is 2.24 bits per heavy atom. The number of likely N-dealkylation sites (tertiary alicyclic amines) is 1. The number of anilines is 1. The minimum atomic E-state index is 0.0570. The minimum Gasteiger partial charge on any atom is -0.388 e. The van der Waals surface area contributed by atoms with E-state index in [0.717, 1.165) is 42.4 Å². The van der Waals surface area contributed by atoms with Gasteiger partial charge in [-0.2, -0.15) is 0 Å². The molecule has 2 aromatic rings. The third kappa shape index (κ3) is 2.46. The number of carbonyl (C=O) groups is 1. The average molecular weight is 283 g/mol. The van der Waals surface area contributed by atoms with Crippen molar-refractivity contribution in [3.63, 3.8) is 0 Å². The van der Waals surface area contributed by atoms with E-state index in [-0.39, 0.29) is 5.91 Å². The van der Waals surface area contributed by atoms with Gasteiger partial charge < -0.3 is 10.2 Å². The van der Waals surface area contributed by atoms with E-state index < -0.39 is 0 Å². The van der Waals surface area contributed by atoms with Gasteiger partial charge in [-0.05, 0) is 31.4 Å². The van der Waals surface area contributed by atoms with Crippen molar-refractivity contribution in [1.29, 1.82) is 0 Å². The molecule has 1 aromatic carbocycles. The fraction of sp³-hybridized carbons (Fsp3) is 0.412. The first-order valence-corrected chi connectivity index (χ1v) is 7.63. The summed E-state index contributed by atoms with van der Waals surface area (Å²) in [7, 11) is 1.88. The van der Waals surface area contributed by atoms with Crippen LogP contribution in [0.15, 0.2) is 30.3 Å². The summed E-state index contributed by atoms with van der Waals surface area (Å²) in [6.45, 7) is 2.99. The zero-order valence-electron chi connectivity index (χ0n) is 12.6. The SMILES string of the molecule is CCC1CCCN1C(=O)c1cc(NC)c2ccccc2n1. The van der Waals surface area contributed by atoms with E-state index in [1.807, 2.05) is 42.3 Å². The van der Waals surface area contributed by atoms with Crippen LogP contribution in [0, 0.1) is 0 Å². The summed E-state index contributed by atoms with van der Waals surface area (Å²) in [6, 6.07) is 10.1. The van der Waals surface area contributed by atoms with Crippen molar-refractivity contribution < 1.29 is 4.79 Å². The van der Waals surface area contributed by atoms with Crippen LogP contribution in [0.25, 0.3) is 10.9 Å². The molecule has 0 radical (unpaired) electrons. The van der Waals surface area contributed by atoms with Gasteiger partial charge in [0.2, 0.25) is 0 Å². The summed E-state index contributed by atoms with van der Waals surface area (Å²) in [6.07, 6.45) is 3.21. The van der Waals surface area contributed by atoms with Gasteiger partial charge in [-0.15, -0.1) is 0 Å². The lowest BCUT2D eigenvalue weighted by Gasteiger charge is -2.23. The van der Waals surface area contributed by atoms with Gasteiger partial charge in [0.25, 0.3) is 5.91 Å². The molecule has 3 rings (SSSR count). The third-order valence-corrected chi connectivity index (χ3v) is 4.31. The van der Waals surface area contributed by atoms with Gasteiger partial charge in [0.05, 0.1) is 5.52 Å². The number of benzene rings is 1. The van der Waals surface area contributed by atoms with Crippen molar-refractivity contribution >= 4 is 22.5 Å². The first kappa shape index (κ1) is 13.9. The number of para-hydroxylation sites is 1. The highest BCUT2D eigenvalue weighted by Gasteiger charge is 2.29. The molecule has 0 spiro atoms. The molecule has 1 fully saturated rings. The topological polar surface area (TPSA) is 45.2 Å². The lowest BCUT2D eigenvalue weighted by atomic mass is 10.1. The highest BCUT2D eigenvalue weighted by Crippen LogP contribution is 2.26. The number of fused-ring (bicyclic) bond motifs is 1. The zero-order chi connectivity index (χ0) is 14.8. The lowest BCUT2D eigenvalue weighted by molar-refractivity contribution is 0.0728. The molecule has 1 aliphatic heterocycles. The lowest BCUT2D eigenvalue weighted by Crippen LogP contribution is -2.35. The maximum atomic E-state index is 12.8. The van der Waals surface area contributed by atoms with Crippen LogP contribution in [0.4, 0.5) is 5.69 Å². The second kappa shape index (κ2) is 5.72. The molecule has 21 heavy (non-hydrogen) atoms. The van der Waals surface area contributed by atoms with Crippen molar-refractivity contribution in [2.75, 3.05) is 18.9 Å². The molecule has 1 N–H and O–H groups in total. The number of nitrogens with one attached hydrogen (secondary N) is 1. The first-order chi connectivity index (χ1) is 10.2. The molecule has 0 bridgehead atoms. The van der Waals surface area contributed by atoms with Crippen LogP contribution < -0.4 is 5.32 Å². The standard InChI is InChI=1S/C17H21N3O/c1-3-12-7-6-10-20(12)17(21)16-11-15(18-2)13-8-4-5-9-14(13)19-16/h4-5,8-9,11-12H,3,6-7,10H2,1-2H3,(H,18,19). The van der Waals surface area contributed by atoms with E-state index in [2.05, 4.69) is 17.2 Å². The van der Waals surface area contributed by atoms with Crippen LogP contribution in [0.2, 0.25) is 0 Å². The minimum absolute atomic E-state index is 0.0570. The molecule has 4 heteroatoms. The summed E-state index contributed by atoms with van der Waals surface area (Å²) in [4.78, 5) is 19.3. The molecule has 1 aliphatic rings. The molecule has 0 aliphatic carbocycles. The Morgan fingerprint density at radius 3 is 3.00 bits per heavy atom. The van der Waals surface area contributed by atoms with Gasteiger partial charge >= 0.3 is 0 Å². The Morgan fingerprint density at radius 1 is 1.43 bits per heavy atom. The first-order valence-electron chi connectivity index (χ1n) is 7.63. The third-order valence-electron chi connectivity index (χ3n) is 4.31. The quantitative estimate of drug-likeness (QED) is 0.940. The molecule has 1 atom stereocenters. The normalized spacial score (nSPS) is 18.2. The molecular formula is C17H21N3O. The Bertz CT molecular complexity index is 668. The van der Waals surface area contributed by atoms with E-state index in [0.29, 0.717) is 11.7 Å². The highest BCUT2D eigenvalue weighted by molar-refractivity contribution is 5.99. The summed E-state index contributed by atoms with van der Waals surface area (Å²) in [5.74, 6) is 0.0570. The van der Waals surface area contributed by atoms with Crippen LogP contribution in [0.3, 0.4) is 0 Å². The Balaban J connectivity index is 2.02. The van der Waals surface area contributed by atoms with Crippen molar-refractivity contribution in [1.82, 2.24) is 9.88 Å². The second-order valence-electron chi connectivity index (χ2n) is 5.53. The smallest absolute Gasteiger partial charge is 0.272 e. The average Bonchev–Trinajstić information content (AvgIpc) is 3.01. The summed E-state index contributed by atoms with van der Waals surface area (Å²) >= 11 is 0. The van der Waals surface area contributed by atoms with E-state index in [9.17, 15) is 4.79 Å². The number of nitrogens with zero attached hydrogens (tertiary/aromatic N) is 2. The summed E-state index contributed by atoms with van der Waals surface area (Å²) < 4.78 is 0. The predicted octanol–water partition coefficient (Wildman–Crippen LogP) is 3.29. The molecular weight excluding hydrogens is 262 g/mol. The maximum absolute atomic E-state index is 12.8. The van der Waals surface area contributed by atoms with Gasteiger partial charge in [0, 0.05) is 30.7 Å². The molecule has 1 saturated heterocycles. The molecule has 0 saturated carbocycles. The summed E-state index contributed by atoms with van der Waals surface area (Å²) in [5.41, 5.74) is 2.36. The van der Waals surface area contributed by atoms with Gasteiger partial charge in [-0.25, -0.2) is 4.98 Å². The number of hydrogen-bond donors (Lipinski definition) is 1. The largest absolute Gasteiger partial charge is 0.388 e. The fourth-order valence-electron chi connectivity index (χ4n) is 3.17. The van der Waals surface area contributed by atoms with Crippen LogP contribution in [-0.2, 0) is 0 Å². The van der Waals surface area contributed by atoms with Crippen molar-refractivity contribution in [2.45, 2.75) is 32.2 Å². The second-order valence-corrected chi connectivity index (χ2v) is 5.53. The molecule has 1 unspecified atom stereocenters. The van der Waals surface area contributed by atoms with Crippen LogP contribution in [-0.4, -0.2) is 35.4 Å². The Labute approximate surface area is 125 Å². The molecule has 1 aromatic heterocycles. The zero-order valence-corrected chi connectivity index (χ0v) is 12.6. The van der Waals surface area contributed by atoms with E-state index >= 15 is 0 Å². The number of hydrogen-bond acceptors (Lipinski definition) is 3. The summed E-state index contributed by atoms with van der Waals surface area (Å²) in [5, 5.41) is 4.22. The van der Waals surface area contributed by atoms with E-state index in [1.54, 1.807) is 0 Å². The van der Waals surface area contributed by atoms with Gasteiger partial charge in [-0.1, -0.05) is 25.1 Å². The Hall–Kier alpha value is -2.10. The highest BCUT2D eigenvalue weighted by atomic mass is 16.2. The number of pyridine rings is 1. The Kier molecular flexibility index (Phi) is 3.78. The fourth-order valence-corrected chi connectivity index (χ4v) is 3.17. The predicted molar refractivity (Wildman–Crippen MR) is 85.6 cm³/mol. The van der Waals surface area contributed by atoms with Crippen LogP contribution >= 0.6 is 0 Å². The van der Waals surface area contributed by atoms with Crippen molar-refractivity contribution in [2.24, 2.45) is 0 Å².